The van der Waals surface area contributed by atoms with Crippen molar-refractivity contribution in [1.82, 2.24) is 10.2 Å². The van der Waals surface area contributed by atoms with Gasteiger partial charge in [-0.15, -0.1) is 0 Å². The van der Waals surface area contributed by atoms with Crippen molar-refractivity contribution in [3.63, 3.8) is 0 Å². The van der Waals surface area contributed by atoms with Gasteiger partial charge in [-0.3, -0.25) is 5.10 Å². The third kappa shape index (κ3) is 2.57. The minimum absolute atomic E-state index is 0.973. The molecule has 0 atom stereocenters. The van der Waals surface area contributed by atoms with Crippen LogP contribution in [0.5, 0.6) is 0 Å². The normalized spacial score (nSPS) is 10.2. The lowest BCUT2D eigenvalue weighted by Crippen LogP contribution is -1.99. The first-order chi connectivity index (χ1) is 5.86. The third-order valence-corrected chi connectivity index (χ3v) is 1.71. The van der Waals surface area contributed by atoms with E-state index in [4.69, 9.17) is 0 Å². The molecule has 12 heavy (non-hydrogen) atoms. The molecule has 1 heterocycles. The predicted octanol–water partition coefficient (Wildman–Crippen LogP) is 2.18. The predicted molar refractivity (Wildman–Crippen MR) is 51.4 cm³/mol. The molecule has 68 valence electrons. The van der Waals surface area contributed by atoms with Gasteiger partial charge in [0.2, 0.25) is 0 Å². The van der Waals surface area contributed by atoms with Gasteiger partial charge in [-0.25, -0.2) is 0 Å². The molecule has 0 unspecified atom stereocenters. The summed E-state index contributed by atoms with van der Waals surface area (Å²) in [4.78, 5) is 0. The number of aromatic amines is 1. The summed E-state index contributed by atoms with van der Waals surface area (Å²) in [6.45, 7) is 5.31. The quantitative estimate of drug-likeness (QED) is 0.705. The van der Waals surface area contributed by atoms with Crippen LogP contribution in [-0.2, 0) is 6.42 Å². The second-order valence-electron chi connectivity index (χ2n) is 2.96. The van der Waals surface area contributed by atoms with Gasteiger partial charge >= 0.3 is 0 Å². The number of aryl methyl sites for hydroxylation is 1. The Kier molecular flexibility index (Phi) is 3.64. The zero-order valence-electron chi connectivity index (χ0n) is 7.85. The minimum Gasteiger partial charge on any atom is -0.369 e. The maximum Gasteiger partial charge on any atom is 0.148 e. The highest BCUT2D eigenvalue weighted by atomic mass is 15.2. The molecule has 0 spiro atoms. The number of nitrogens with zero attached hydrogens (tertiary/aromatic N) is 1. The van der Waals surface area contributed by atoms with Crippen molar-refractivity contribution in [2.75, 3.05) is 11.9 Å². The third-order valence-electron chi connectivity index (χ3n) is 1.71. The number of aromatic nitrogens is 2. The Morgan fingerprint density at radius 2 is 2.25 bits per heavy atom. The molecule has 0 radical (unpaired) electrons. The molecule has 0 fully saturated rings. The van der Waals surface area contributed by atoms with Crippen LogP contribution >= 0.6 is 0 Å². The van der Waals surface area contributed by atoms with Gasteiger partial charge in [0.15, 0.2) is 0 Å². The topological polar surface area (TPSA) is 40.7 Å². The van der Waals surface area contributed by atoms with E-state index >= 15 is 0 Å². The number of nitrogens with one attached hydrogen (secondary N) is 2. The van der Waals surface area contributed by atoms with Gasteiger partial charge in [-0.2, -0.15) is 5.10 Å². The maximum absolute atomic E-state index is 4.14. The SMILES string of the molecule is CCCNc1cc(CCC)[nH]n1. The molecule has 3 nitrogen and oxygen atoms in total. The number of hydrogen-bond donors (Lipinski definition) is 2. The number of hydrogen-bond acceptors (Lipinski definition) is 2. The van der Waals surface area contributed by atoms with Crippen molar-refractivity contribution in [3.8, 4) is 0 Å². The van der Waals surface area contributed by atoms with Gasteiger partial charge in [0.05, 0.1) is 0 Å². The van der Waals surface area contributed by atoms with E-state index < -0.39 is 0 Å². The Labute approximate surface area is 73.6 Å². The van der Waals surface area contributed by atoms with Gasteiger partial charge in [-0.1, -0.05) is 20.3 Å². The average molecular weight is 167 g/mol. The van der Waals surface area contributed by atoms with Gasteiger partial charge in [0, 0.05) is 18.3 Å². The summed E-state index contributed by atoms with van der Waals surface area (Å²) in [5.74, 6) is 0.973. The lowest BCUT2D eigenvalue weighted by Gasteiger charge is -1.96. The first-order valence-corrected chi connectivity index (χ1v) is 4.65. The van der Waals surface area contributed by atoms with Crippen molar-refractivity contribution in [2.24, 2.45) is 0 Å². The molecule has 0 aliphatic heterocycles. The fourth-order valence-corrected chi connectivity index (χ4v) is 1.10. The van der Waals surface area contributed by atoms with Gasteiger partial charge in [0.25, 0.3) is 0 Å². The summed E-state index contributed by atoms with van der Waals surface area (Å²) in [5, 5.41) is 10.4. The van der Waals surface area contributed by atoms with Crippen LogP contribution < -0.4 is 5.32 Å². The molecule has 1 aromatic heterocycles. The van der Waals surface area contributed by atoms with Crippen molar-refractivity contribution >= 4 is 5.82 Å². The van der Waals surface area contributed by atoms with Crippen LogP contribution in [0.25, 0.3) is 0 Å². The zero-order valence-corrected chi connectivity index (χ0v) is 7.85. The van der Waals surface area contributed by atoms with Crippen LogP contribution in [0.2, 0.25) is 0 Å². The summed E-state index contributed by atoms with van der Waals surface area (Å²) >= 11 is 0. The molecule has 0 aliphatic rings. The number of anilines is 1. The molecule has 0 saturated carbocycles. The summed E-state index contributed by atoms with van der Waals surface area (Å²) in [5.41, 5.74) is 1.22. The van der Waals surface area contributed by atoms with Crippen molar-refractivity contribution in [3.05, 3.63) is 11.8 Å². The van der Waals surface area contributed by atoms with E-state index in [2.05, 4.69) is 35.4 Å². The number of rotatable bonds is 5. The van der Waals surface area contributed by atoms with Crippen LogP contribution in [0, 0.1) is 0 Å². The largest absolute Gasteiger partial charge is 0.369 e. The monoisotopic (exact) mass is 167 g/mol. The van der Waals surface area contributed by atoms with E-state index in [1.165, 1.54) is 5.69 Å². The molecule has 1 aromatic rings. The highest BCUT2D eigenvalue weighted by molar-refractivity contribution is 5.34. The molecule has 0 amide bonds. The number of H-pyrrole nitrogens is 1. The zero-order chi connectivity index (χ0) is 8.81. The summed E-state index contributed by atoms with van der Waals surface area (Å²) in [7, 11) is 0. The standard InChI is InChI=1S/C9H17N3/c1-3-5-8-7-9(12-11-8)10-6-4-2/h7H,3-6H2,1-2H3,(H2,10,11,12). The fourth-order valence-electron chi connectivity index (χ4n) is 1.10. The molecule has 0 aliphatic carbocycles. The average Bonchev–Trinajstić information content (AvgIpc) is 2.50. The van der Waals surface area contributed by atoms with E-state index in [1.54, 1.807) is 0 Å². The molecule has 2 N–H and O–H groups in total. The molecule has 3 heteroatoms. The van der Waals surface area contributed by atoms with Crippen molar-refractivity contribution < 1.29 is 0 Å². The minimum atomic E-state index is 0.973. The Bertz CT molecular complexity index is 217. The van der Waals surface area contributed by atoms with Crippen molar-refractivity contribution in [2.45, 2.75) is 33.1 Å². The smallest absolute Gasteiger partial charge is 0.148 e. The van der Waals surface area contributed by atoms with Crippen LogP contribution in [0.1, 0.15) is 32.4 Å². The molecule has 0 bridgehead atoms. The second-order valence-corrected chi connectivity index (χ2v) is 2.96. The first-order valence-electron chi connectivity index (χ1n) is 4.65. The Hall–Kier alpha value is -0.990. The summed E-state index contributed by atoms with van der Waals surface area (Å²) in [6, 6.07) is 2.08. The first kappa shape index (κ1) is 9.10. The van der Waals surface area contributed by atoms with Gasteiger partial charge in [0.1, 0.15) is 5.82 Å². The van der Waals surface area contributed by atoms with Crippen LogP contribution in [-0.4, -0.2) is 16.7 Å². The summed E-state index contributed by atoms with van der Waals surface area (Å²) in [6.07, 6.45) is 3.38. The van der Waals surface area contributed by atoms with Crippen LogP contribution in [0.4, 0.5) is 5.82 Å². The highest BCUT2D eigenvalue weighted by Gasteiger charge is 1.97. The van der Waals surface area contributed by atoms with E-state index in [-0.39, 0.29) is 0 Å². The highest BCUT2D eigenvalue weighted by Crippen LogP contribution is 2.06. The lowest BCUT2D eigenvalue weighted by atomic mass is 10.2. The molecule has 0 aromatic carbocycles. The van der Waals surface area contributed by atoms with Gasteiger partial charge in [-0.05, 0) is 12.8 Å². The van der Waals surface area contributed by atoms with E-state index in [0.717, 1.165) is 31.6 Å². The van der Waals surface area contributed by atoms with E-state index in [9.17, 15) is 0 Å². The van der Waals surface area contributed by atoms with Crippen LogP contribution in [0.15, 0.2) is 6.07 Å². The van der Waals surface area contributed by atoms with Crippen molar-refractivity contribution in [1.29, 1.82) is 0 Å². The Morgan fingerprint density at radius 1 is 1.42 bits per heavy atom. The second kappa shape index (κ2) is 4.80. The molecular formula is C9H17N3. The molecule has 1 rings (SSSR count). The lowest BCUT2D eigenvalue weighted by molar-refractivity contribution is 0.866. The Balaban J connectivity index is 2.41. The molecular weight excluding hydrogens is 150 g/mol. The fraction of sp³-hybridized carbons (Fsp3) is 0.667. The maximum atomic E-state index is 4.14. The van der Waals surface area contributed by atoms with Gasteiger partial charge < -0.3 is 5.32 Å². The van der Waals surface area contributed by atoms with E-state index in [1.807, 2.05) is 0 Å². The summed E-state index contributed by atoms with van der Waals surface area (Å²) < 4.78 is 0. The van der Waals surface area contributed by atoms with Crippen LogP contribution in [0.3, 0.4) is 0 Å². The Morgan fingerprint density at radius 3 is 2.92 bits per heavy atom. The molecule has 0 saturated heterocycles. The van der Waals surface area contributed by atoms with E-state index in [0.29, 0.717) is 0 Å².